The van der Waals surface area contributed by atoms with E-state index in [9.17, 15) is 37.7 Å². The molecule has 4 fully saturated rings. The summed E-state index contributed by atoms with van der Waals surface area (Å²) in [5.74, 6) is -1.16. The number of sulfonamides is 1. The van der Waals surface area contributed by atoms with E-state index in [1.54, 1.807) is 35.4 Å². The highest BCUT2D eigenvalue weighted by molar-refractivity contribution is 7.90. The number of nitrogens with one attached hydrogen (secondary N) is 4. The number of benzene rings is 4. The number of pyridine rings is 1. The smallest absolute Gasteiger partial charge is 0.293 e. The second kappa shape index (κ2) is 24.8. The number of aromatic amines is 1. The summed E-state index contributed by atoms with van der Waals surface area (Å²) in [5, 5.41) is 19.7. The lowest BCUT2D eigenvalue weighted by atomic mass is 9.72. The van der Waals surface area contributed by atoms with E-state index in [0.717, 1.165) is 124 Å². The molecule has 2 atom stereocenters. The third kappa shape index (κ3) is 13.3. The SMILES string of the molecule is C[C@@H]1CN([C@H]2CC[C@@H](CNc3ccc(S(=O)(=O)NC(=O)c4ccc(N5CCN(CC6=C(c7ccc(Cl)cc7)CC(C)(C)CC6)CC5)cc4Oc4cnc5[nH]ccc5c4)cc3[N+](=O)[O-])CC2)CCN1Cc1ccc2c(c1)CN(C1CCC(=O)NC1=O)C2=O. The largest absolute Gasteiger partial charge is 0.455 e. The van der Waals surface area contributed by atoms with Crippen LogP contribution >= 0.6 is 11.6 Å². The van der Waals surface area contributed by atoms with Gasteiger partial charge in [0.1, 0.15) is 28.9 Å². The van der Waals surface area contributed by atoms with Crippen molar-refractivity contribution in [2.75, 3.05) is 69.1 Å². The van der Waals surface area contributed by atoms with Gasteiger partial charge in [-0.25, -0.2) is 18.1 Å². The number of nitro benzene ring substituents is 1. The molecular formula is C65H74ClN11O9S. The Bertz CT molecular complexity index is 3800. The molecule has 0 bridgehead atoms. The molecule has 0 radical (unpaired) electrons. The number of hydrogen-bond acceptors (Lipinski definition) is 15. The van der Waals surface area contributed by atoms with Crippen LogP contribution in [0.3, 0.4) is 0 Å². The van der Waals surface area contributed by atoms with Crippen molar-refractivity contribution in [3.05, 3.63) is 152 Å². The van der Waals surface area contributed by atoms with Gasteiger partial charge < -0.3 is 24.8 Å². The number of carbonyl (C=O) groups is 4. The first kappa shape index (κ1) is 59.6. The highest BCUT2D eigenvalue weighted by Gasteiger charge is 2.40. The first-order valence-electron chi connectivity index (χ1n) is 30.3. The molecule has 4 amide bonds. The van der Waals surface area contributed by atoms with Crippen molar-refractivity contribution in [1.29, 1.82) is 0 Å². The fraction of sp³-hybridized carbons (Fsp3) is 0.431. The molecule has 6 heterocycles. The number of nitro groups is 1. The number of piperidine rings is 1. The van der Waals surface area contributed by atoms with Gasteiger partial charge in [0.2, 0.25) is 11.8 Å². The molecule has 22 heteroatoms. The zero-order valence-electron chi connectivity index (χ0n) is 49.4. The third-order valence-corrected chi connectivity index (χ3v) is 20.3. The number of rotatable bonds is 17. The number of ether oxygens (including phenoxy) is 1. The predicted molar refractivity (Wildman–Crippen MR) is 333 cm³/mol. The normalized spacial score (nSPS) is 22.3. The van der Waals surface area contributed by atoms with Gasteiger partial charge in [-0.1, -0.05) is 55.3 Å². The number of amides is 4. The summed E-state index contributed by atoms with van der Waals surface area (Å²) in [6.45, 7) is 15.1. The molecule has 4 N–H and O–H groups in total. The van der Waals surface area contributed by atoms with Crippen LogP contribution in [0.15, 0.2) is 114 Å². The minimum atomic E-state index is -4.63. The van der Waals surface area contributed by atoms with E-state index in [1.807, 2.05) is 30.3 Å². The van der Waals surface area contributed by atoms with E-state index in [0.29, 0.717) is 61.6 Å². The fourth-order valence-corrected chi connectivity index (χ4v) is 14.8. The second-order valence-corrected chi connectivity index (χ2v) is 27.3. The summed E-state index contributed by atoms with van der Waals surface area (Å²) in [7, 11) is -4.63. The predicted octanol–water partition coefficient (Wildman–Crippen LogP) is 9.76. The van der Waals surface area contributed by atoms with Gasteiger partial charge in [-0.15, -0.1) is 0 Å². The number of piperazine rings is 2. The summed E-state index contributed by atoms with van der Waals surface area (Å²) in [4.78, 5) is 82.1. The number of H-pyrrole nitrogens is 1. The molecule has 0 spiro atoms. The van der Waals surface area contributed by atoms with Crippen molar-refractivity contribution in [2.45, 2.75) is 115 Å². The monoisotopic (exact) mass is 1220 g/mol. The molecule has 1 saturated carbocycles. The number of imide groups is 1. The molecule has 87 heavy (non-hydrogen) atoms. The molecular weight excluding hydrogens is 1150 g/mol. The second-order valence-electron chi connectivity index (χ2n) is 25.2. The molecule has 1 unspecified atom stereocenters. The Hall–Kier alpha value is -7.69. The molecule has 6 aliphatic rings. The van der Waals surface area contributed by atoms with Gasteiger partial charge in [-0.05, 0) is 146 Å². The molecule has 456 valence electrons. The Kier molecular flexibility index (Phi) is 17.0. The standard InChI is InChI=1S/C65H74ClN11O9S/c1-41-37-75(29-28-74(41)38-43-6-15-53-47(30-43)40-76(64(53)81)57-18-19-60(78)70-63(57)80)49-11-4-42(5-12-49)35-68-56-17-14-52(33-58(56)77(82)83)87(84,85)71-62(79)54-16-13-50(32-59(54)86-51-31-45-21-23-67-61(45)69-36-51)73-26-24-72(25-27-73)39-46-20-22-65(2,3)34-55(46)44-7-9-48(66)10-8-44/h6-10,13-17,21,23,30-33,36,41-42,49,57,68H,4-5,11-12,18-20,22,24-29,34-35,37-40H2,1-3H3,(H,67,69)(H,71,79)(H,70,78,80)/t41-,42-,49+,57?/m1/s1. The van der Waals surface area contributed by atoms with Crippen LogP contribution < -0.4 is 25.0 Å². The zero-order valence-corrected chi connectivity index (χ0v) is 50.9. The van der Waals surface area contributed by atoms with Gasteiger partial charge >= 0.3 is 0 Å². The van der Waals surface area contributed by atoms with Crippen molar-refractivity contribution < 1.29 is 37.3 Å². The van der Waals surface area contributed by atoms with E-state index >= 15 is 0 Å². The number of aromatic nitrogens is 2. The van der Waals surface area contributed by atoms with E-state index < -0.39 is 43.4 Å². The summed E-state index contributed by atoms with van der Waals surface area (Å²) >= 11 is 6.28. The Morgan fingerprint density at radius 3 is 2.44 bits per heavy atom. The summed E-state index contributed by atoms with van der Waals surface area (Å²) in [6, 6.07) is 26.5. The summed E-state index contributed by atoms with van der Waals surface area (Å²) in [5.41, 5.74) is 8.08. The molecule has 4 aliphatic heterocycles. The molecule has 4 aromatic carbocycles. The fourth-order valence-electron chi connectivity index (χ4n) is 13.7. The van der Waals surface area contributed by atoms with Crippen LogP contribution in [0.25, 0.3) is 16.6 Å². The van der Waals surface area contributed by atoms with Crippen molar-refractivity contribution in [1.82, 2.24) is 39.6 Å². The van der Waals surface area contributed by atoms with Crippen LogP contribution in [-0.4, -0.2) is 144 Å². The Labute approximate surface area is 511 Å². The molecule has 12 rings (SSSR count). The van der Waals surface area contributed by atoms with Gasteiger partial charge in [-0.2, -0.15) is 0 Å². The van der Waals surface area contributed by atoms with Crippen LogP contribution in [0.4, 0.5) is 17.1 Å². The minimum absolute atomic E-state index is 0.0496. The summed E-state index contributed by atoms with van der Waals surface area (Å²) in [6.07, 6.45) is 10.8. The Morgan fingerprint density at radius 1 is 0.885 bits per heavy atom. The highest BCUT2D eigenvalue weighted by atomic mass is 35.5. The van der Waals surface area contributed by atoms with E-state index in [2.05, 4.69) is 83.9 Å². The van der Waals surface area contributed by atoms with E-state index in [4.69, 9.17) is 16.3 Å². The van der Waals surface area contributed by atoms with Gasteiger partial charge in [0.15, 0.2) is 0 Å². The van der Waals surface area contributed by atoms with Crippen LogP contribution in [0, 0.1) is 21.4 Å². The molecule has 6 aromatic rings. The maximum absolute atomic E-state index is 14.2. The topological polar surface area (TPSA) is 236 Å². The molecule has 3 saturated heterocycles. The third-order valence-electron chi connectivity index (χ3n) is 18.7. The maximum atomic E-state index is 14.2. The first-order chi connectivity index (χ1) is 41.8. The van der Waals surface area contributed by atoms with Crippen LogP contribution in [0.2, 0.25) is 5.02 Å². The van der Waals surface area contributed by atoms with Crippen molar-refractivity contribution in [2.24, 2.45) is 11.3 Å². The average molecular weight is 1220 g/mol. The molecule has 20 nitrogen and oxygen atoms in total. The Balaban J connectivity index is 0.651. The van der Waals surface area contributed by atoms with Crippen LogP contribution in [0.5, 0.6) is 11.5 Å². The maximum Gasteiger partial charge on any atom is 0.293 e. The number of carbonyl (C=O) groups excluding carboxylic acids is 4. The van der Waals surface area contributed by atoms with Crippen LogP contribution in [-0.2, 0) is 32.7 Å². The van der Waals surface area contributed by atoms with Crippen LogP contribution in [0.1, 0.15) is 116 Å². The number of hydrogen-bond donors (Lipinski definition) is 4. The number of nitrogens with zero attached hydrogens (tertiary/aromatic N) is 7. The lowest BCUT2D eigenvalue weighted by Gasteiger charge is -2.45. The number of halogens is 1. The Morgan fingerprint density at radius 2 is 1.68 bits per heavy atom. The quantitative estimate of drug-likeness (QED) is 0.0378. The van der Waals surface area contributed by atoms with E-state index in [1.165, 1.54) is 35.0 Å². The van der Waals surface area contributed by atoms with E-state index in [-0.39, 0.29) is 46.6 Å². The van der Waals surface area contributed by atoms with Crippen molar-refractivity contribution >= 4 is 78.9 Å². The number of allylic oxidation sites excluding steroid dienone is 1. The average Bonchev–Trinajstić information content (AvgIpc) is 2.61. The lowest BCUT2D eigenvalue weighted by molar-refractivity contribution is -0.384. The zero-order chi connectivity index (χ0) is 60.7. The first-order valence-corrected chi connectivity index (χ1v) is 32.2. The van der Waals surface area contributed by atoms with Gasteiger partial charge in [0, 0.05) is 130 Å². The lowest BCUT2D eigenvalue weighted by Crippen LogP contribution is -2.55. The summed E-state index contributed by atoms with van der Waals surface area (Å²) < 4.78 is 36.6. The number of fused-ring (bicyclic) bond motifs is 2. The van der Waals surface area contributed by atoms with Crippen molar-refractivity contribution in [3.8, 4) is 11.5 Å². The minimum Gasteiger partial charge on any atom is -0.455 e. The highest BCUT2D eigenvalue weighted by Crippen LogP contribution is 2.44. The molecule has 2 aromatic heterocycles. The van der Waals surface area contributed by atoms with Gasteiger partial charge in [-0.3, -0.25) is 49.3 Å². The number of anilines is 2. The van der Waals surface area contributed by atoms with Crippen molar-refractivity contribution in [3.63, 3.8) is 0 Å². The van der Waals surface area contributed by atoms with Gasteiger partial charge in [0.05, 0.1) is 21.6 Å². The van der Waals surface area contributed by atoms with Gasteiger partial charge in [0.25, 0.3) is 27.5 Å². The molecule has 2 aliphatic carbocycles.